The van der Waals surface area contributed by atoms with Crippen molar-refractivity contribution in [1.82, 2.24) is 9.80 Å². The summed E-state index contributed by atoms with van der Waals surface area (Å²) in [6.45, 7) is 12.6. The molecule has 37 heavy (non-hydrogen) atoms. The van der Waals surface area contributed by atoms with Gasteiger partial charge in [-0.25, -0.2) is 0 Å². The second kappa shape index (κ2) is 12.6. The van der Waals surface area contributed by atoms with Gasteiger partial charge in [-0.05, 0) is 65.5 Å². The van der Waals surface area contributed by atoms with Crippen LogP contribution in [0.3, 0.4) is 0 Å². The summed E-state index contributed by atoms with van der Waals surface area (Å²) in [7, 11) is 0. The topological polar surface area (TPSA) is 23.6 Å². The molecule has 0 atom stereocenters. The summed E-state index contributed by atoms with van der Waals surface area (Å²) in [4.78, 5) is 18.6. The molecular formula is C34H44N2O. The summed E-state index contributed by atoms with van der Waals surface area (Å²) in [6.07, 6.45) is 5.46. The molecule has 0 aliphatic carbocycles. The smallest absolute Gasteiger partial charge is 0.254 e. The Balaban J connectivity index is 1.49. The maximum atomic E-state index is 13.9. The summed E-state index contributed by atoms with van der Waals surface area (Å²) in [6, 6.07) is 28.2. The Labute approximate surface area is 224 Å². The van der Waals surface area contributed by atoms with Gasteiger partial charge in [0.1, 0.15) is 0 Å². The maximum Gasteiger partial charge on any atom is 0.254 e. The van der Waals surface area contributed by atoms with E-state index in [1.54, 1.807) is 0 Å². The van der Waals surface area contributed by atoms with Crippen LogP contribution in [0.25, 0.3) is 0 Å². The molecule has 0 aromatic heterocycles. The minimum atomic E-state index is 0.124. The van der Waals surface area contributed by atoms with E-state index in [0.717, 1.165) is 44.5 Å². The molecule has 3 aromatic rings. The number of hydrogen-bond donors (Lipinski definition) is 0. The van der Waals surface area contributed by atoms with Crippen molar-refractivity contribution in [3.8, 4) is 0 Å². The number of unbranched alkanes of at least 4 members (excludes halogenated alkanes) is 1. The first kappa shape index (κ1) is 27.1. The third kappa shape index (κ3) is 7.55. The zero-order valence-electron chi connectivity index (χ0n) is 23.2. The Morgan fingerprint density at radius 3 is 2.05 bits per heavy atom. The largest absolute Gasteiger partial charge is 0.331 e. The molecule has 3 heteroatoms. The number of hydrogen-bond acceptors (Lipinski definition) is 2. The van der Waals surface area contributed by atoms with Crippen LogP contribution in [0, 0.1) is 0 Å². The van der Waals surface area contributed by atoms with Gasteiger partial charge in [-0.15, -0.1) is 0 Å². The highest BCUT2D eigenvalue weighted by Gasteiger charge is 2.29. The van der Waals surface area contributed by atoms with Crippen LogP contribution in [0.1, 0.15) is 86.0 Å². The lowest BCUT2D eigenvalue weighted by Gasteiger charge is -2.39. The number of benzene rings is 3. The van der Waals surface area contributed by atoms with Crippen molar-refractivity contribution >= 4 is 5.91 Å². The molecule has 0 N–H and O–H groups in total. The summed E-state index contributed by atoms with van der Waals surface area (Å²) in [5.41, 5.74) is 6.13. The molecule has 0 saturated carbocycles. The van der Waals surface area contributed by atoms with E-state index in [1.807, 2.05) is 12.1 Å². The van der Waals surface area contributed by atoms with E-state index >= 15 is 0 Å². The van der Waals surface area contributed by atoms with Crippen molar-refractivity contribution in [3.63, 3.8) is 0 Å². The fourth-order valence-electron chi connectivity index (χ4n) is 5.27. The van der Waals surface area contributed by atoms with E-state index in [0.29, 0.717) is 6.54 Å². The number of likely N-dealkylation sites (tertiary alicyclic amines) is 1. The number of carbonyl (C=O) groups excluding carboxylic acids is 1. The number of nitrogens with zero attached hydrogens (tertiary/aromatic N) is 2. The maximum absolute atomic E-state index is 13.9. The van der Waals surface area contributed by atoms with Gasteiger partial charge in [-0.1, -0.05) is 101 Å². The lowest BCUT2D eigenvalue weighted by atomic mass is 9.86. The normalized spacial score (nSPS) is 15.0. The Morgan fingerprint density at radius 1 is 0.838 bits per heavy atom. The molecule has 1 aliphatic heterocycles. The van der Waals surface area contributed by atoms with E-state index < -0.39 is 0 Å². The molecule has 1 saturated heterocycles. The fraction of sp³-hybridized carbons (Fsp3) is 0.441. The molecule has 0 bridgehead atoms. The van der Waals surface area contributed by atoms with Gasteiger partial charge in [0.05, 0.1) is 0 Å². The number of carbonyl (C=O) groups is 1. The highest BCUT2D eigenvalue weighted by Crippen LogP contribution is 2.26. The second-order valence-corrected chi connectivity index (χ2v) is 11.7. The van der Waals surface area contributed by atoms with Crippen LogP contribution < -0.4 is 0 Å². The second-order valence-electron chi connectivity index (χ2n) is 11.7. The lowest BCUT2D eigenvalue weighted by Crippen LogP contribution is -2.46. The minimum Gasteiger partial charge on any atom is -0.331 e. The molecule has 0 radical (unpaired) electrons. The number of amides is 1. The van der Waals surface area contributed by atoms with E-state index in [4.69, 9.17) is 0 Å². The summed E-state index contributed by atoms with van der Waals surface area (Å²) >= 11 is 0. The molecule has 1 amide bonds. The third-order valence-corrected chi connectivity index (χ3v) is 7.70. The average Bonchev–Trinajstić information content (AvgIpc) is 2.91. The lowest BCUT2D eigenvalue weighted by molar-refractivity contribution is 0.0543. The van der Waals surface area contributed by atoms with Crippen molar-refractivity contribution in [2.75, 3.05) is 13.1 Å². The van der Waals surface area contributed by atoms with E-state index in [9.17, 15) is 4.79 Å². The Kier molecular flexibility index (Phi) is 9.21. The number of aryl methyl sites for hydroxylation is 1. The van der Waals surface area contributed by atoms with Gasteiger partial charge in [-0.2, -0.15) is 0 Å². The zero-order valence-corrected chi connectivity index (χ0v) is 23.2. The predicted molar refractivity (Wildman–Crippen MR) is 155 cm³/mol. The van der Waals surface area contributed by atoms with Gasteiger partial charge in [-0.3, -0.25) is 9.69 Å². The van der Waals surface area contributed by atoms with Crippen molar-refractivity contribution in [2.24, 2.45) is 0 Å². The standard InChI is InChI=1S/C34H44N2O/c1-5-6-10-27-13-17-30(18-14-27)33(37)36(26-29-15-19-31(20-16-29)34(2,3)4)32-21-23-35(24-22-32)25-28-11-8-7-9-12-28/h7-9,11-20,32H,5-6,10,21-26H2,1-4H3. The molecule has 0 unspecified atom stereocenters. The van der Waals surface area contributed by atoms with Gasteiger partial charge in [0, 0.05) is 37.8 Å². The quantitative estimate of drug-likeness (QED) is 0.304. The van der Waals surface area contributed by atoms with Crippen molar-refractivity contribution < 1.29 is 4.79 Å². The summed E-state index contributed by atoms with van der Waals surface area (Å²) in [5.74, 6) is 0.156. The first-order valence-corrected chi connectivity index (χ1v) is 14.1. The van der Waals surface area contributed by atoms with Gasteiger partial charge in [0.25, 0.3) is 5.91 Å². The molecule has 196 valence electrons. The zero-order chi connectivity index (χ0) is 26.3. The molecule has 3 aromatic carbocycles. The van der Waals surface area contributed by atoms with Gasteiger partial charge < -0.3 is 4.90 Å². The Morgan fingerprint density at radius 2 is 1.46 bits per heavy atom. The number of piperidine rings is 1. The molecule has 1 fully saturated rings. The SMILES string of the molecule is CCCCc1ccc(C(=O)N(Cc2ccc(C(C)(C)C)cc2)C2CCN(Cc3ccccc3)CC2)cc1. The predicted octanol–water partition coefficient (Wildman–Crippen LogP) is 7.63. The molecular weight excluding hydrogens is 452 g/mol. The van der Waals surface area contributed by atoms with E-state index in [2.05, 4.69) is 104 Å². The van der Waals surface area contributed by atoms with Crippen LogP contribution in [0.5, 0.6) is 0 Å². The van der Waals surface area contributed by atoms with E-state index in [1.165, 1.54) is 35.1 Å². The van der Waals surface area contributed by atoms with E-state index in [-0.39, 0.29) is 17.4 Å². The Hall–Kier alpha value is -2.91. The first-order valence-electron chi connectivity index (χ1n) is 14.1. The van der Waals surface area contributed by atoms with Crippen LogP contribution in [0.15, 0.2) is 78.9 Å². The third-order valence-electron chi connectivity index (χ3n) is 7.70. The molecule has 1 aliphatic rings. The van der Waals surface area contributed by atoms with Crippen LogP contribution in [-0.4, -0.2) is 34.8 Å². The Bertz CT molecular complexity index is 1110. The van der Waals surface area contributed by atoms with Crippen LogP contribution in [-0.2, 0) is 24.9 Å². The number of rotatable bonds is 9. The van der Waals surface area contributed by atoms with Crippen LogP contribution >= 0.6 is 0 Å². The first-order chi connectivity index (χ1) is 17.8. The molecule has 4 rings (SSSR count). The average molecular weight is 497 g/mol. The summed E-state index contributed by atoms with van der Waals surface area (Å²) < 4.78 is 0. The molecule has 0 spiro atoms. The summed E-state index contributed by atoms with van der Waals surface area (Å²) in [5, 5.41) is 0. The molecule has 3 nitrogen and oxygen atoms in total. The van der Waals surface area contributed by atoms with Gasteiger partial charge in [0.2, 0.25) is 0 Å². The molecule has 1 heterocycles. The van der Waals surface area contributed by atoms with Crippen molar-refractivity contribution in [3.05, 3.63) is 107 Å². The van der Waals surface area contributed by atoms with Crippen molar-refractivity contribution in [1.29, 1.82) is 0 Å². The van der Waals surface area contributed by atoms with Crippen LogP contribution in [0.4, 0.5) is 0 Å². The monoisotopic (exact) mass is 496 g/mol. The van der Waals surface area contributed by atoms with Gasteiger partial charge >= 0.3 is 0 Å². The minimum absolute atomic E-state index is 0.124. The van der Waals surface area contributed by atoms with Gasteiger partial charge in [0.15, 0.2) is 0 Å². The van der Waals surface area contributed by atoms with Crippen LogP contribution in [0.2, 0.25) is 0 Å². The highest BCUT2D eigenvalue weighted by atomic mass is 16.2. The van der Waals surface area contributed by atoms with Crippen molar-refractivity contribution in [2.45, 2.75) is 84.3 Å². The highest BCUT2D eigenvalue weighted by molar-refractivity contribution is 5.94. The fourth-order valence-corrected chi connectivity index (χ4v) is 5.27.